The molecule has 0 aromatic heterocycles. The van der Waals surface area contributed by atoms with Gasteiger partial charge in [-0.15, -0.1) is 0 Å². The van der Waals surface area contributed by atoms with Crippen molar-refractivity contribution in [2.75, 3.05) is 0 Å². The van der Waals surface area contributed by atoms with E-state index in [1.54, 1.807) is 0 Å². The molecular weight excluding hydrogens is 308 g/mol. The molecule has 0 fully saturated rings. The second-order valence-corrected chi connectivity index (χ2v) is 8.79. The predicted octanol–water partition coefficient (Wildman–Crippen LogP) is 7.71. The number of unbranched alkanes of at least 4 members (excludes halogenated alkanes) is 4. The van der Waals surface area contributed by atoms with Gasteiger partial charge in [-0.1, -0.05) is 105 Å². The minimum Gasteiger partial charge on any atom is -0.481 e. The lowest BCUT2D eigenvalue weighted by Crippen LogP contribution is -2.20. The van der Waals surface area contributed by atoms with Crippen molar-refractivity contribution in [1.82, 2.24) is 0 Å². The number of carboxylic acid groups (broad SMARTS) is 1. The molecule has 0 saturated carbocycles. The smallest absolute Gasteiger partial charge is 0.306 e. The van der Waals surface area contributed by atoms with Gasteiger partial charge in [-0.3, -0.25) is 4.79 Å². The molecular formula is C23H46O2. The first-order valence-electron chi connectivity index (χ1n) is 11.1. The van der Waals surface area contributed by atoms with Crippen LogP contribution in [-0.2, 0) is 4.79 Å². The zero-order chi connectivity index (χ0) is 19.1. The second-order valence-electron chi connectivity index (χ2n) is 8.79. The van der Waals surface area contributed by atoms with Gasteiger partial charge in [0.2, 0.25) is 0 Å². The van der Waals surface area contributed by atoms with Gasteiger partial charge in [0.25, 0.3) is 0 Å². The van der Waals surface area contributed by atoms with Crippen molar-refractivity contribution in [3.05, 3.63) is 0 Å². The van der Waals surface area contributed by atoms with Gasteiger partial charge in [0, 0.05) is 0 Å². The molecule has 0 aromatic rings. The summed E-state index contributed by atoms with van der Waals surface area (Å²) in [5.74, 6) is 1.26. The van der Waals surface area contributed by atoms with E-state index in [0.29, 0.717) is 11.8 Å². The maximum atomic E-state index is 11.7. The summed E-state index contributed by atoms with van der Waals surface area (Å²) in [7, 11) is 0. The van der Waals surface area contributed by atoms with E-state index >= 15 is 0 Å². The van der Waals surface area contributed by atoms with Crippen molar-refractivity contribution in [3.63, 3.8) is 0 Å². The Bertz CT molecular complexity index is 311. The highest BCUT2D eigenvalue weighted by atomic mass is 16.4. The average molecular weight is 355 g/mol. The first-order valence-corrected chi connectivity index (χ1v) is 11.1. The quantitative estimate of drug-likeness (QED) is 0.272. The summed E-state index contributed by atoms with van der Waals surface area (Å²) in [4.78, 5) is 11.7. The first kappa shape index (κ1) is 24.5. The van der Waals surface area contributed by atoms with E-state index in [4.69, 9.17) is 0 Å². The highest BCUT2D eigenvalue weighted by molar-refractivity contribution is 5.69. The highest BCUT2D eigenvalue weighted by Crippen LogP contribution is 2.29. The minimum atomic E-state index is -0.568. The third-order valence-electron chi connectivity index (χ3n) is 5.55. The lowest BCUT2D eigenvalue weighted by Gasteiger charge is -2.23. The molecule has 0 radical (unpaired) electrons. The summed E-state index contributed by atoms with van der Waals surface area (Å²) in [6.45, 7) is 11.3. The van der Waals surface area contributed by atoms with E-state index in [1.807, 2.05) is 0 Å². The Morgan fingerprint density at radius 3 is 1.92 bits per heavy atom. The molecule has 0 aromatic carbocycles. The van der Waals surface area contributed by atoms with Gasteiger partial charge >= 0.3 is 5.97 Å². The van der Waals surface area contributed by atoms with E-state index in [2.05, 4.69) is 34.6 Å². The summed E-state index contributed by atoms with van der Waals surface area (Å²) in [6, 6.07) is 0. The van der Waals surface area contributed by atoms with Crippen LogP contribution in [0.4, 0.5) is 0 Å². The van der Waals surface area contributed by atoms with Crippen LogP contribution in [-0.4, -0.2) is 11.1 Å². The van der Waals surface area contributed by atoms with Crippen LogP contribution in [0.2, 0.25) is 0 Å². The summed E-state index contributed by atoms with van der Waals surface area (Å²) in [5.41, 5.74) is 0. The maximum Gasteiger partial charge on any atom is 0.306 e. The Balaban J connectivity index is 4.15. The van der Waals surface area contributed by atoms with Gasteiger partial charge in [0.15, 0.2) is 0 Å². The van der Waals surface area contributed by atoms with Crippen LogP contribution >= 0.6 is 0 Å². The van der Waals surface area contributed by atoms with E-state index in [1.165, 1.54) is 70.6 Å². The van der Waals surface area contributed by atoms with E-state index < -0.39 is 5.97 Å². The summed E-state index contributed by atoms with van der Waals surface area (Å²) in [6.07, 6.45) is 15.6. The zero-order valence-electron chi connectivity index (χ0n) is 17.9. The van der Waals surface area contributed by atoms with Crippen molar-refractivity contribution >= 4 is 5.97 Å². The number of rotatable bonds is 17. The number of hydrogen-bond acceptors (Lipinski definition) is 1. The molecule has 0 bridgehead atoms. The number of carboxylic acids is 1. The van der Waals surface area contributed by atoms with Crippen molar-refractivity contribution in [2.24, 2.45) is 23.7 Å². The summed E-state index contributed by atoms with van der Waals surface area (Å²) >= 11 is 0. The fourth-order valence-electron chi connectivity index (χ4n) is 3.98. The molecule has 0 aliphatic rings. The Kier molecular flexibility index (Phi) is 15.4. The van der Waals surface area contributed by atoms with Crippen LogP contribution < -0.4 is 0 Å². The van der Waals surface area contributed by atoms with Crippen molar-refractivity contribution in [2.45, 2.75) is 118 Å². The average Bonchev–Trinajstić information content (AvgIpc) is 2.54. The molecule has 0 aliphatic carbocycles. The Labute approximate surface area is 158 Å². The van der Waals surface area contributed by atoms with Gasteiger partial charge in [0.1, 0.15) is 0 Å². The minimum absolute atomic E-state index is 0.135. The van der Waals surface area contributed by atoms with Gasteiger partial charge in [-0.2, -0.15) is 0 Å². The maximum absolute atomic E-state index is 11.7. The van der Waals surface area contributed by atoms with Gasteiger partial charge in [-0.25, -0.2) is 0 Å². The number of aliphatic carboxylic acids is 1. The van der Waals surface area contributed by atoms with Gasteiger partial charge in [-0.05, 0) is 30.6 Å². The van der Waals surface area contributed by atoms with Crippen molar-refractivity contribution in [1.29, 1.82) is 0 Å². The van der Waals surface area contributed by atoms with E-state index in [0.717, 1.165) is 18.8 Å². The molecule has 0 heterocycles. The normalized spacial score (nSPS) is 15.3. The monoisotopic (exact) mass is 354 g/mol. The summed E-state index contributed by atoms with van der Waals surface area (Å²) < 4.78 is 0. The van der Waals surface area contributed by atoms with Crippen LogP contribution in [0.3, 0.4) is 0 Å². The standard InChI is InChI=1S/C23H46O2/c1-6-8-16-21(13-7-2)18-22(23(24)25)17-20(5)15-12-10-9-11-14-19(3)4/h19-22H,6-18H2,1-5H3,(H,24,25). The Hall–Kier alpha value is -0.530. The van der Waals surface area contributed by atoms with E-state index in [9.17, 15) is 9.90 Å². The van der Waals surface area contributed by atoms with Crippen LogP contribution in [0.15, 0.2) is 0 Å². The fourth-order valence-corrected chi connectivity index (χ4v) is 3.98. The Morgan fingerprint density at radius 1 is 0.760 bits per heavy atom. The molecule has 0 spiro atoms. The molecule has 0 rings (SSSR count). The SMILES string of the molecule is CCCCC(CCC)CC(CC(C)CCCCCCC(C)C)C(=O)O. The molecule has 0 amide bonds. The largest absolute Gasteiger partial charge is 0.481 e. The predicted molar refractivity (Wildman–Crippen MR) is 110 cm³/mol. The molecule has 0 saturated heterocycles. The van der Waals surface area contributed by atoms with Crippen LogP contribution in [0.1, 0.15) is 118 Å². The van der Waals surface area contributed by atoms with Gasteiger partial charge < -0.3 is 5.11 Å². The molecule has 1 N–H and O–H groups in total. The molecule has 150 valence electrons. The first-order chi connectivity index (χ1) is 11.9. The summed E-state index contributed by atoms with van der Waals surface area (Å²) in [5, 5.41) is 9.66. The lowest BCUT2D eigenvalue weighted by atomic mass is 9.82. The Morgan fingerprint density at radius 2 is 1.40 bits per heavy atom. The number of hydrogen-bond donors (Lipinski definition) is 1. The topological polar surface area (TPSA) is 37.3 Å². The lowest BCUT2D eigenvalue weighted by molar-refractivity contribution is -0.143. The van der Waals surface area contributed by atoms with Crippen molar-refractivity contribution in [3.8, 4) is 0 Å². The van der Waals surface area contributed by atoms with Crippen LogP contribution in [0.25, 0.3) is 0 Å². The molecule has 2 nitrogen and oxygen atoms in total. The molecule has 3 unspecified atom stereocenters. The zero-order valence-corrected chi connectivity index (χ0v) is 17.9. The van der Waals surface area contributed by atoms with E-state index in [-0.39, 0.29) is 5.92 Å². The highest BCUT2D eigenvalue weighted by Gasteiger charge is 2.24. The fraction of sp³-hybridized carbons (Fsp3) is 0.957. The third kappa shape index (κ3) is 14.3. The van der Waals surface area contributed by atoms with Crippen LogP contribution in [0.5, 0.6) is 0 Å². The molecule has 3 atom stereocenters. The second kappa shape index (κ2) is 15.7. The third-order valence-corrected chi connectivity index (χ3v) is 5.55. The molecule has 25 heavy (non-hydrogen) atoms. The number of carbonyl (C=O) groups is 1. The van der Waals surface area contributed by atoms with Crippen molar-refractivity contribution < 1.29 is 9.90 Å². The van der Waals surface area contributed by atoms with Crippen LogP contribution in [0, 0.1) is 23.7 Å². The molecule has 0 aliphatic heterocycles. The van der Waals surface area contributed by atoms with Gasteiger partial charge in [0.05, 0.1) is 5.92 Å². The molecule has 2 heteroatoms.